The normalized spacial score (nSPS) is 20.4. The smallest absolute Gasteiger partial charge is 0.145 e. The van der Waals surface area contributed by atoms with Gasteiger partial charge in [-0.1, -0.05) is 0 Å². The molecule has 2 N–H and O–H groups in total. The molecule has 0 saturated carbocycles. The number of ether oxygens (including phenoxy) is 1. The highest BCUT2D eigenvalue weighted by Gasteiger charge is 2.14. The zero-order valence-electron chi connectivity index (χ0n) is 7.95. The molecule has 0 aromatic rings. The molecular formula is C9H18N2O2. The van der Waals surface area contributed by atoms with Crippen molar-refractivity contribution in [2.24, 2.45) is 5.73 Å². The molecule has 76 valence electrons. The summed E-state index contributed by atoms with van der Waals surface area (Å²) in [5, 5.41) is 0. The molecule has 13 heavy (non-hydrogen) atoms. The number of carbonyl (C=O) groups is 1. The van der Waals surface area contributed by atoms with Crippen LogP contribution in [0.5, 0.6) is 0 Å². The molecule has 0 unspecified atom stereocenters. The molecule has 0 atom stereocenters. The zero-order valence-corrected chi connectivity index (χ0v) is 7.95. The second-order valence-electron chi connectivity index (χ2n) is 3.42. The number of carbonyl (C=O) groups excluding carboxylic acids is 1. The maximum absolute atomic E-state index is 9.94. The van der Waals surface area contributed by atoms with Gasteiger partial charge in [0.1, 0.15) is 12.9 Å². The highest BCUT2D eigenvalue weighted by atomic mass is 16.5. The minimum Gasteiger partial charge on any atom is -0.373 e. The van der Waals surface area contributed by atoms with E-state index in [9.17, 15) is 4.79 Å². The van der Waals surface area contributed by atoms with E-state index in [0.29, 0.717) is 12.6 Å². The Bertz CT molecular complexity index is 145. The van der Waals surface area contributed by atoms with Gasteiger partial charge < -0.3 is 20.2 Å². The third-order valence-corrected chi connectivity index (χ3v) is 2.37. The van der Waals surface area contributed by atoms with Crippen molar-refractivity contribution >= 4 is 6.29 Å². The van der Waals surface area contributed by atoms with Crippen LogP contribution in [0.3, 0.4) is 0 Å². The largest absolute Gasteiger partial charge is 0.373 e. The SMILES string of the molecule is NC1CCN(CCOCC=O)CC1. The lowest BCUT2D eigenvalue weighted by Gasteiger charge is -2.29. The molecule has 4 nitrogen and oxygen atoms in total. The number of piperidine rings is 1. The third-order valence-electron chi connectivity index (χ3n) is 2.37. The van der Waals surface area contributed by atoms with Crippen molar-refractivity contribution < 1.29 is 9.53 Å². The van der Waals surface area contributed by atoms with E-state index in [4.69, 9.17) is 10.5 Å². The van der Waals surface area contributed by atoms with Gasteiger partial charge in [0.25, 0.3) is 0 Å². The summed E-state index contributed by atoms with van der Waals surface area (Å²) in [6.45, 7) is 3.90. The van der Waals surface area contributed by atoms with E-state index in [1.165, 1.54) is 0 Å². The monoisotopic (exact) mass is 186 g/mol. The standard InChI is InChI=1S/C9H18N2O2/c10-9-1-3-11(4-2-9)5-7-13-8-6-12/h6,9H,1-5,7-8,10H2. The first-order chi connectivity index (χ1) is 6.33. The Kier molecular flexibility index (Phi) is 4.97. The average molecular weight is 186 g/mol. The molecule has 1 saturated heterocycles. The van der Waals surface area contributed by atoms with Crippen LogP contribution in [0, 0.1) is 0 Å². The van der Waals surface area contributed by atoms with Gasteiger partial charge >= 0.3 is 0 Å². The van der Waals surface area contributed by atoms with Gasteiger partial charge in [0.05, 0.1) is 6.61 Å². The molecule has 0 aliphatic carbocycles. The number of aldehydes is 1. The van der Waals surface area contributed by atoms with Crippen LogP contribution in [0.15, 0.2) is 0 Å². The predicted octanol–water partition coefficient (Wildman–Crippen LogP) is -0.375. The summed E-state index contributed by atoms with van der Waals surface area (Å²) in [5.74, 6) is 0. The molecule has 4 heteroatoms. The molecule has 1 heterocycles. The quantitative estimate of drug-likeness (QED) is 0.470. The average Bonchev–Trinajstić information content (AvgIpc) is 2.15. The van der Waals surface area contributed by atoms with Crippen LogP contribution in [0.25, 0.3) is 0 Å². The molecule has 1 aliphatic heterocycles. The highest BCUT2D eigenvalue weighted by Crippen LogP contribution is 2.06. The third kappa shape index (κ3) is 4.36. The minimum absolute atomic E-state index is 0.216. The van der Waals surface area contributed by atoms with Crippen LogP contribution in [0.1, 0.15) is 12.8 Å². The summed E-state index contributed by atoms with van der Waals surface area (Å²) in [5.41, 5.74) is 5.77. The van der Waals surface area contributed by atoms with E-state index in [-0.39, 0.29) is 6.61 Å². The fourth-order valence-corrected chi connectivity index (χ4v) is 1.50. The van der Waals surface area contributed by atoms with E-state index in [1.54, 1.807) is 0 Å². The van der Waals surface area contributed by atoms with Gasteiger partial charge in [-0.25, -0.2) is 0 Å². The number of hydrogen-bond donors (Lipinski definition) is 1. The molecule has 0 bridgehead atoms. The molecule has 1 rings (SSSR count). The van der Waals surface area contributed by atoms with E-state index < -0.39 is 0 Å². The number of nitrogens with zero attached hydrogens (tertiary/aromatic N) is 1. The first-order valence-electron chi connectivity index (χ1n) is 4.82. The maximum atomic E-state index is 9.94. The van der Waals surface area contributed by atoms with Gasteiger partial charge in [-0.3, -0.25) is 0 Å². The van der Waals surface area contributed by atoms with E-state index in [0.717, 1.165) is 38.8 Å². The molecular weight excluding hydrogens is 168 g/mol. The van der Waals surface area contributed by atoms with Crippen LogP contribution >= 0.6 is 0 Å². The summed E-state index contributed by atoms with van der Waals surface area (Å²) < 4.78 is 5.07. The summed E-state index contributed by atoms with van der Waals surface area (Å²) >= 11 is 0. The summed E-state index contributed by atoms with van der Waals surface area (Å²) in [4.78, 5) is 12.3. The summed E-state index contributed by atoms with van der Waals surface area (Å²) in [7, 11) is 0. The molecule has 1 aliphatic rings. The van der Waals surface area contributed by atoms with E-state index in [2.05, 4.69) is 4.90 Å². The number of rotatable bonds is 5. The lowest BCUT2D eigenvalue weighted by atomic mass is 10.1. The van der Waals surface area contributed by atoms with Crippen molar-refractivity contribution in [3.63, 3.8) is 0 Å². The highest BCUT2D eigenvalue weighted by molar-refractivity contribution is 5.50. The van der Waals surface area contributed by atoms with Crippen molar-refractivity contribution in [3.8, 4) is 0 Å². The van der Waals surface area contributed by atoms with Crippen LogP contribution < -0.4 is 5.73 Å². The van der Waals surface area contributed by atoms with Crippen LogP contribution in [-0.4, -0.2) is 50.1 Å². The molecule has 0 aromatic heterocycles. The van der Waals surface area contributed by atoms with Crippen molar-refractivity contribution in [3.05, 3.63) is 0 Å². The molecule has 0 spiro atoms. The van der Waals surface area contributed by atoms with Gasteiger partial charge in [-0.05, 0) is 25.9 Å². The Hall–Kier alpha value is -0.450. The predicted molar refractivity (Wildman–Crippen MR) is 50.5 cm³/mol. The van der Waals surface area contributed by atoms with Crippen molar-refractivity contribution in [1.29, 1.82) is 0 Å². The van der Waals surface area contributed by atoms with Gasteiger partial charge in [0, 0.05) is 12.6 Å². The van der Waals surface area contributed by atoms with Gasteiger partial charge in [-0.2, -0.15) is 0 Å². The second kappa shape index (κ2) is 6.07. The van der Waals surface area contributed by atoms with Crippen LogP contribution in [-0.2, 0) is 9.53 Å². The summed E-state index contributed by atoms with van der Waals surface area (Å²) in [6, 6.07) is 0.382. The van der Waals surface area contributed by atoms with E-state index >= 15 is 0 Å². The lowest BCUT2D eigenvalue weighted by Crippen LogP contribution is -2.41. The van der Waals surface area contributed by atoms with Crippen molar-refractivity contribution in [2.75, 3.05) is 32.8 Å². The Morgan fingerprint density at radius 1 is 1.46 bits per heavy atom. The molecule has 0 aromatic carbocycles. The molecule has 0 radical (unpaired) electrons. The second-order valence-corrected chi connectivity index (χ2v) is 3.42. The fourth-order valence-electron chi connectivity index (χ4n) is 1.50. The van der Waals surface area contributed by atoms with Gasteiger partial charge in [-0.15, -0.1) is 0 Å². The van der Waals surface area contributed by atoms with Crippen molar-refractivity contribution in [2.45, 2.75) is 18.9 Å². The van der Waals surface area contributed by atoms with Gasteiger partial charge in [0.15, 0.2) is 0 Å². The zero-order chi connectivity index (χ0) is 9.52. The van der Waals surface area contributed by atoms with Crippen LogP contribution in [0.2, 0.25) is 0 Å². The topological polar surface area (TPSA) is 55.6 Å². The Morgan fingerprint density at radius 3 is 2.77 bits per heavy atom. The van der Waals surface area contributed by atoms with Crippen molar-refractivity contribution in [1.82, 2.24) is 4.90 Å². The maximum Gasteiger partial charge on any atom is 0.145 e. The lowest BCUT2D eigenvalue weighted by molar-refractivity contribution is -0.112. The Labute approximate surface area is 79.0 Å². The number of hydrogen-bond acceptors (Lipinski definition) is 4. The fraction of sp³-hybridized carbons (Fsp3) is 0.889. The van der Waals surface area contributed by atoms with E-state index in [1.807, 2.05) is 0 Å². The molecule has 1 fully saturated rings. The number of nitrogens with two attached hydrogens (primary N) is 1. The minimum atomic E-state index is 0.216. The van der Waals surface area contributed by atoms with Gasteiger partial charge in [0.2, 0.25) is 0 Å². The molecule has 0 amide bonds. The van der Waals surface area contributed by atoms with Crippen LogP contribution in [0.4, 0.5) is 0 Å². The Balaban J connectivity index is 1.99. The Morgan fingerprint density at radius 2 is 2.15 bits per heavy atom. The number of likely N-dealkylation sites (tertiary alicyclic amines) is 1. The first-order valence-corrected chi connectivity index (χ1v) is 4.82. The summed E-state index contributed by atoms with van der Waals surface area (Å²) in [6.07, 6.45) is 2.94. The first kappa shape index (κ1) is 10.6.